The maximum Gasteiger partial charge on any atom is 0.126 e. The fourth-order valence-electron chi connectivity index (χ4n) is 1.95. The van der Waals surface area contributed by atoms with Crippen molar-refractivity contribution in [2.24, 2.45) is 0 Å². The van der Waals surface area contributed by atoms with Gasteiger partial charge in [0.15, 0.2) is 0 Å². The molecule has 4 heteroatoms. The van der Waals surface area contributed by atoms with Gasteiger partial charge in [-0.05, 0) is 23.8 Å². The third kappa shape index (κ3) is 3.65. The van der Waals surface area contributed by atoms with Gasteiger partial charge < -0.3 is 15.2 Å². The highest BCUT2D eigenvalue weighted by Gasteiger charge is 2.08. The molecule has 0 saturated carbocycles. The third-order valence-corrected chi connectivity index (χ3v) is 3.36. The van der Waals surface area contributed by atoms with Gasteiger partial charge in [-0.3, -0.25) is 0 Å². The molecule has 0 fully saturated rings. The summed E-state index contributed by atoms with van der Waals surface area (Å²) in [6.07, 6.45) is -0.557. The molecule has 0 radical (unpaired) electrons. The van der Waals surface area contributed by atoms with Crippen molar-refractivity contribution in [3.8, 4) is 16.9 Å². The van der Waals surface area contributed by atoms with Crippen LogP contribution in [0.2, 0.25) is 0 Å². The fourth-order valence-corrected chi connectivity index (χ4v) is 2.06. The van der Waals surface area contributed by atoms with Crippen molar-refractivity contribution in [2.45, 2.75) is 6.10 Å². The Morgan fingerprint density at radius 2 is 1.95 bits per heavy atom. The summed E-state index contributed by atoms with van der Waals surface area (Å²) in [6.45, 7) is 0.421. The lowest BCUT2D eigenvalue weighted by Gasteiger charge is -2.14. The Morgan fingerprint density at radius 1 is 1.20 bits per heavy atom. The largest absolute Gasteiger partial charge is 0.496 e. The molecule has 0 aliphatic heterocycles. The normalized spacial score (nSPS) is 11.9. The van der Waals surface area contributed by atoms with Crippen molar-refractivity contribution in [2.75, 3.05) is 24.9 Å². The SMILES string of the molecule is COc1ccc(NCC(O)CCl)cc1-c1ccccc1. The summed E-state index contributed by atoms with van der Waals surface area (Å²) >= 11 is 5.58. The predicted octanol–water partition coefficient (Wildman–Crippen LogP) is 3.37. The highest BCUT2D eigenvalue weighted by atomic mass is 35.5. The zero-order chi connectivity index (χ0) is 14.4. The molecule has 2 aromatic rings. The van der Waals surface area contributed by atoms with E-state index in [1.165, 1.54) is 0 Å². The van der Waals surface area contributed by atoms with E-state index < -0.39 is 6.10 Å². The minimum atomic E-state index is -0.557. The number of nitrogens with one attached hydrogen (secondary N) is 1. The molecule has 106 valence electrons. The molecule has 0 amide bonds. The van der Waals surface area contributed by atoms with Gasteiger partial charge >= 0.3 is 0 Å². The van der Waals surface area contributed by atoms with Crippen LogP contribution in [0.1, 0.15) is 0 Å². The molecule has 0 aliphatic carbocycles. The molecule has 1 atom stereocenters. The van der Waals surface area contributed by atoms with E-state index in [9.17, 15) is 5.11 Å². The number of alkyl halides is 1. The van der Waals surface area contributed by atoms with Crippen molar-refractivity contribution in [3.05, 3.63) is 48.5 Å². The number of ether oxygens (including phenoxy) is 1. The molecule has 1 unspecified atom stereocenters. The van der Waals surface area contributed by atoms with Crippen LogP contribution in [0, 0.1) is 0 Å². The van der Waals surface area contributed by atoms with Gasteiger partial charge in [-0.15, -0.1) is 11.6 Å². The van der Waals surface area contributed by atoms with E-state index in [1.807, 2.05) is 48.5 Å². The molecule has 3 nitrogen and oxygen atoms in total. The van der Waals surface area contributed by atoms with Gasteiger partial charge in [-0.1, -0.05) is 30.3 Å². The van der Waals surface area contributed by atoms with Gasteiger partial charge in [-0.25, -0.2) is 0 Å². The van der Waals surface area contributed by atoms with Crippen LogP contribution in [-0.4, -0.2) is 30.7 Å². The van der Waals surface area contributed by atoms with Crippen molar-refractivity contribution in [1.29, 1.82) is 0 Å². The zero-order valence-electron chi connectivity index (χ0n) is 11.3. The Kier molecular flexibility index (Phi) is 5.27. The smallest absolute Gasteiger partial charge is 0.126 e. The van der Waals surface area contributed by atoms with Crippen LogP contribution in [0.5, 0.6) is 5.75 Å². The maximum absolute atomic E-state index is 9.49. The van der Waals surface area contributed by atoms with E-state index in [4.69, 9.17) is 16.3 Å². The van der Waals surface area contributed by atoms with Gasteiger partial charge in [0.2, 0.25) is 0 Å². The number of aliphatic hydroxyl groups excluding tert-OH is 1. The zero-order valence-corrected chi connectivity index (χ0v) is 12.1. The second kappa shape index (κ2) is 7.17. The molecule has 20 heavy (non-hydrogen) atoms. The van der Waals surface area contributed by atoms with E-state index in [-0.39, 0.29) is 5.88 Å². The monoisotopic (exact) mass is 291 g/mol. The molecule has 0 aliphatic rings. The molecular weight excluding hydrogens is 274 g/mol. The maximum atomic E-state index is 9.49. The van der Waals surface area contributed by atoms with Gasteiger partial charge in [0.05, 0.1) is 19.1 Å². The first kappa shape index (κ1) is 14.7. The lowest BCUT2D eigenvalue weighted by Crippen LogP contribution is -2.20. The summed E-state index contributed by atoms with van der Waals surface area (Å²) in [7, 11) is 1.66. The minimum Gasteiger partial charge on any atom is -0.496 e. The molecular formula is C16H18ClNO2. The molecule has 0 aromatic heterocycles. The van der Waals surface area contributed by atoms with Crippen LogP contribution < -0.4 is 10.1 Å². The number of hydrogen-bond acceptors (Lipinski definition) is 3. The molecule has 0 saturated heterocycles. The lowest BCUT2D eigenvalue weighted by atomic mass is 10.0. The van der Waals surface area contributed by atoms with E-state index in [1.54, 1.807) is 7.11 Å². The Labute approximate surface area is 124 Å². The first-order valence-corrected chi connectivity index (χ1v) is 6.99. The van der Waals surface area contributed by atoms with E-state index in [0.717, 1.165) is 22.6 Å². The first-order valence-electron chi connectivity index (χ1n) is 6.46. The topological polar surface area (TPSA) is 41.5 Å². The van der Waals surface area contributed by atoms with Crippen LogP contribution in [0.3, 0.4) is 0 Å². The number of anilines is 1. The minimum absolute atomic E-state index is 0.217. The van der Waals surface area contributed by atoms with Crippen LogP contribution in [0.15, 0.2) is 48.5 Å². The summed E-state index contributed by atoms with van der Waals surface area (Å²) < 4.78 is 5.40. The Morgan fingerprint density at radius 3 is 2.60 bits per heavy atom. The van der Waals surface area contributed by atoms with Crippen molar-refractivity contribution in [3.63, 3.8) is 0 Å². The number of methoxy groups -OCH3 is 1. The first-order chi connectivity index (χ1) is 9.74. The highest BCUT2D eigenvalue weighted by Crippen LogP contribution is 2.32. The molecule has 2 aromatic carbocycles. The third-order valence-electron chi connectivity index (χ3n) is 3.00. The fraction of sp³-hybridized carbons (Fsp3) is 0.250. The molecule has 2 rings (SSSR count). The summed E-state index contributed by atoms with van der Waals surface area (Å²) in [4.78, 5) is 0. The quantitative estimate of drug-likeness (QED) is 0.802. The molecule has 0 bridgehead atoms. The standard InChI is InChI=1S/C16H18ClNO2/c1-20-16-8-7-13(18-11-14(19)10-17)9-15(16)12-5-3-2-4-6-12/h2-9,14,18-19H,10-11H2,1H3. The molecule has 2 N–H and O–H groups in total. The van der Waals surface area contributed by atoms with Crippen LogP contribution in [0.4, 0.5) is 5.69 Å². The number of aliphatic hydroxyl groups is 1. The lowest BCUT2D eigenvalue weighted by molar-refractivity contribution is 0.211. The predicted molar refractivity (Wildman–Crippen MR) is 83.6 cm³/mol. The molecule has 0 heterocycles. The number of benzene rings is 2. The number of rotatable bonds is 6. The number of halogens is 1. The van der Waals surface area contributed by atoms with Crippen molar-refractivity contribution in [1.82, 2.24) is 0 Å². The second-order valence-electron chi connectivity index (χ2n) is 4.47. The summed E-state index contributed by atoms with van der Waals surface area (Å²) in [5, 5.41) is 12.7. The van der Waals surface area contributed by atoms with Gasteiger partial charge in [0, 0.05) is 17.8 Å². The van der Waals surface area contributed by atoms with Crippen molar-refractivity contribution < 1.29 is 9.84 Å². The van der Waals surface area contributed by atoms with Gasteiger partial charge in [0.1, 0.15) is 5.75 Å². The van der Waals surface area contributed by atoms with Crippen LogP contribution >= 0.6 is 11.6 Å². The average molecular weight is 292 g/mol. The van der Waals surface area contributed by atoms with E-state index in [0.29, 0.717) is 6.54 Å². The van der Waals surface area contributed by atoms with Crippen LogP contribution in [0.25, 0.3) is 11.1 Å². The Balaban J connectivity index is 2.25. The van der Waals surface area contributed by atoms with E-state index >= 15 is 0 Å². The Bertz CT molecular complexity index is 545. The molecule has 0 spiro atoms. The average Bonchev–Trinajstić information content (AvgIpc) is 2.53. The number of hydrogen-bond donors (Lipinski definition) is 2. The Hall–Kier alpha value is -1.71. The van der Waals surface area contributed by atoms with Gasteiger partial charge in [-0.2, -0.15) is 0 Å². The highest BCUT2D eigenvalue weighted by molar-refractivity contribution is 6.18. The van der Waals surface area contributed by atoms with Gasteiger partial charge in [0.25, 0.3) is 0 Å². The second-order valence-corrected chi connectivity index (χ2v) is 4.78. The summed E-state index contributed by atoms with van der Waals surface area (Å²) in [6, 6.07) is 15.9. The van der Waals surface area contributed by atoms with Crippen LogP contribution in [-0.2, 0) is 0 Å². The summed E-state index contributed by atoms with van der Waals surface area (Å²) in [5.41, 5.74) is 3.03. The van der Waals surface area contributed by atoms with E-state index in [2.05, 4.69) is 5.32 Å². The van der Waals surface area contributed by atoms with Crippen molar-refractivity contribution >= 4 is 17.3 Å². The summed E-state index contributed by atoms with van der Waals surface area (Å²) in [5.74, 6) is 1.04.